The fourth-order valence-corrected chi connectivity index (χ4v) is 5.77. The van der Waals surface area contributed by atoms with Crippen LogP contribution in [0.3, 0.4) is 0 Å². The monoisotopic (exact) mass is 607 g/mol. The number of para-hydroxylation sites is 1. The molecule has 0 aliphatic rings. The van der Waals surface area contributed by atoms with Crippen molar-refractivity contribution >= 4 is 50.7 Å². The highest BCUT2D eigenvalue weighted by molar-refractivity contribution is 7.92. The fraction of sp³-hybridized carbons (Fsp3) is 0.310. The van der Waals surface area contributed by atoms with Crippen molar-refractivity contribution in [2.45, 2.75) is 44.7 Å². The molecule has 7 nitrogen and oxygen atoms in total. The zero-order chi connectivity index (χ0) is 29.4. The van der Waals surface area contributed by atoms with Crippen LogP contribution in [0.2, 0.25) is 10.0 Å². The lowest BCUT2D eigenvalue weighted by atomic mass is 10.1. The molecule has 1 atom stereocenters. The molecule has 2 amide bonds. The van der Waals surface area contributed by atoms with Crippen LogP contribution < -0.4 is 9.62 Å². The average molecular weight is 609 g/mol. The van der Waals surface area contributed by atoms with Crippen LogP contribution in [0.25, 0.3) is 0 Å². The Kier molecular flexibility index (Phi) is 11.0. The smallest absolute Gasteiger partial charge is 0.264 e. The Morgan fingerprint density at radius 1 is 0.950 bits per heavy atom. The molecule has 0 aromatic heterocycles. The Balaban J connectivity index is 2.03. The number of carbonyl (C=O) groups is 2. The third kappa shape index (κ3) is 7.96. The van der Waals surface area contributed by atoms with E-state index in [2.05, 4.69) is 5.32 Å². The largest absolute Gasteiger partial charge is 0.354 e. The highest BCUT2D eigenvalue weighted by Crippen LogP contribution is 2.26. The van der Waals surface area contributed by atoms with Crippen molar-refractivity contribution in [1.29, 1.82) is 0 Å². The molecule has 0 unspecified atom stereocenters. The highest BCUT2D eigenvalue weighted by atomic mass is 35.5. The summed E-state index contributed by atoms with van der Waals surface area (Å²) in [4.78, 5) is 28.4. The van der Waals surface area contributed by atoms with E-state index in [0.29, 0.717) is 17.1 Å². The summed E-state index contributed by atoms with van der Waals surface area (Å²) in [6.45, 7) is 5.50. The van der Waals surface area contributed by atoms with E-state index in [9.17, 15) is 22.4 Å². The molecular formula is C29H32Cl2FN3O4S. The summed E-state index contributed by atoms with van der Waals surface area (Å²) in [7, 11) is -4.28. The average Bonchev–Trinajstić information content (AvgIpc) is 2.92. The van der Waals surface area contributed by atoms with Crippen molar-refractivity contribution in [3.63, 3.8) is 0 Å². The van der Waals surface area contributed by atoms with Gasteiger partial charge in [-0.3, -0.25) is 13.9 Å². The van der Waals surface area contributed by atoms with Crippen LogP contribution in [-0.4, -0.2) is 44.3 Å². The fourth-order valence-electron chi connectivity index (χ4n) is 4.03. The van der Waals surface area contributed by atoms with Crippen molar-refractivity contribution in [2.24, 2.45) is 5.92 Å². The molecule has 0 fully saturated rings. The summed E-state index contributed by atoms with van der Waals surface area (Å²) < 4.78 is 42.0. The summed E-state index contributed by atoms with van der Waals surface area (Å²) in [5, 5.41) is 3.50. The molecule has 0 heterocycles. The molecule has 0 saturated heterocycles. The minimum atomic E-state index is -4.28. The SMILES string of the molecule is CC[C@@H](C(=O)NCC(C)C)N(Cc1ccc(Cl)c(Cl)c1)C(=O)CN(c1ccccc1)S(=O)(=O)c1ccc(F)cc1. The van der Waals surface area contributed by atoms with Gasteiger partial charge in [0.25, 0.3) is 10.0 Å². The lowest BCUT2D eigenvalue weighted by molar-refractivity contribution is -0.140. The molecule has 214 valence electrons. The Hall–Kier alpha value is -3.14. The molecule has 0 aliphatic heterocycles. The number of hydrogen-bond acceptors (Lipinski definition) is 4. The summed E-state index contributed by atoms with van der Waals surface area (Å²) in [6, 6.07) is 16.5. The molecule has 0 radical (unpaired) electrons. The topological polar surface area (TPSA) is 86.8 Å². The highest BCUT2D eigenvalue weighted by Gasteiger charge is 2.33. The first kappa shape index (κ1) is 31.4. The van der Waals surface area contributed by atoms with Crippen molar-refractivity contribution in [3.05, 3.63) is 94.2 Å². The van der Waals surface area contributed by atoms with Crippen molar-refractivity contribution in [3.8, 4) is 0 Å². The van der Waals surface area contributed by atoms with Gasteiger partial charge in [0, 0.05) is 13.1 Å². The van der Waals surface area contributed by atoms with Crippen molar-refractivity contribution < 1.29 is 22.4 Å². The predicted molar refractivity (Wildman–Crippen MR) is 156 cm³/mol. The summed E-state index contributed by atoms with van der Waals surface area (Å²) in [6.07, 6.45) is 0.285. The van der Waals surface area contributed by atoms with E-state index in [4.69, 9.17) is 23.2 Å². The number of nitrogens with one attached hydrogen (secondary N) is 1. The van der Waals surface area contributed by atoms with Crippen LogP contribution in [0.15, 0.2) is 77.7 Å². The molecular weight excluding hydrogens is 576 g/mol. The standard InChI is InChI=1S/C29H32Cl2FN3O4S/c1-4-27(29(37)33-17-20(2)3)34(18-21-10-15-25(30)26(31)16-21)28(36)19-35(23-8-6-5-7-9-23)40(38,39)24-13-11-22(32)12-14-24/h5-16,20,27H,4,17-19H2,1-3H3,(H,33,37)/t27-/m0/s1. The quantitative estimate of drug-likeness (QED) is 0.277. The maximum atomic E-state index is 14.0. The van der Waals surface area contributed by atoms with Crippen molar-refractivity contribution in [2.75, 3.05) is 17.4 Å². The van der Waals surface area contributed by atoms with E-state index in [1.54, 1.807) is 55.5 Å². The van der Waals surface area contributed by atoms with Gasteiger partial charge >= 0.3 is 0 Å². The maximum Gasteiger partial charge on any atom is 0.264 e. The molecule has 3 aromatic carbocycles. The van der Waals surface area contributed by atoms with Crippen LogP contribution in [0, 0.1) is 11.7 Å². The van der Waals surface area contributed by atoms with Crippen LogP contribution in [0.4, 0.5) is 10.1 Å². The lowest BCUT2D eigenvalue weighted by Gasteiger charge is -2.33. The molecule has 3 aromatic rings. The van der Waals surface area contributed by atoms with E-state index in [1.807, 2.05) is 13.8 Å². The number of halogens is 3. The van der Waals surface area contributed by atoms with Gasteiger partial charge in [0.2, 0.25) is 11.8 Å². The molecule has 1 N–H and O–H groups in total. The van der Waals surface area contributed by atoms with Gasteiger partial charge in [-0.1, -0.05) is 68.2 Å². The predicted octanol–water partition coefficient (Wildman–Crippen LogP) is 5.91. The number of rotatable bonds is 12. The number of carbonyl (C=O) groups excluding carboxylic acids is 2. The Morgan fingerprint density at radius 2 is 1.60 bits per heavy atom. The van der Waals surface area contributed by atoms with Gasteiger partial charge in [0.05, 0.1) is 20.6 Å². The van der Waals surface area contributed by atoms with Gasteiger partial charge in [0.15, 0.2) is 0 Å². The summed E-state index contributed by atoms with van der Waals surface area (Å²) in [5.41, 5.74) is 0.859. The minimum Gasteiger partial charge on any atom is -0.354 e. The number of hydrogen-bond donors (Lipinski definition) is 1. The van der Waals surface area contributed by atoms with Crippen LogP contribution in [0.5, 0.6) is 0 Å². The first-order valence-corrected chi connectivity index (χ1v) is 15.0. The Bertz CT molecular complexity index is 1420. The van der Waals surface area contributed by atoms with E-state index < -0.39 is 34.3 Å². The zero-order valence-corrected chi connectivity index (χ0v) is 24.8. The number of amides is 2. The number of anilines is 1. The van der Waals surface area contributed by atoms with Crippen LogP contribution >= 0.6 is 23.2 Å². The molecule has 0 saturated carbocycles. The van der Waals surface area contributed by atoms with E-state index in [0.717, 1.165) is 28.6 Å². The Labute approximate surface area is 244 Å². The molecule has 3 rings (SSSR count). The van der Waals surface area contributed by atoms with Gasteiger partial charge in [-0.15, -0.1) is 0 Å². The van der Waals surface area contributed by atoms with Gasteiger partial charge in [-0.25, -0.2) is 12.8 Å². The molecule has 40 heavy (non-hydrogen) atoms. The molecule has 0 bridgehead atoms. The van der Waals surface area contributed by atoms with Gasteiger partial charge < -0.3 is 10.2 Å². The van der Waals surface area contributed by atoms with Gasteiger partial charge in [-0.05, 0) is 66.4 Å². The number of sulfonamides is 1. The van der Waals surface area contributed by atoms with Crippen molar-refractivity contribution in [1.82, 2.24) is 10.2 Å². The van der Waals surface area contributed by atoms with Gasteiger partial charge in [0.1, 0.15) is 18.4 Å². The second-order valence-electron chi connectivity index (χ2n) is 9.63. The van der Waals surface area contributed by atoms with Crippen LogP contribution in [-0.2, 0) is 26.2 Å². The minimum absolute atomic E-state index is 0.0114. The maximum absolute atomic E-state index is 14.0. The number of benzene rings is 3. The van der Waals surface area contributed by atoms with E-state index in [1.165, 1.54) is 4.90 Å². The molecule has 0 aliphatic carbocycles. The second kappa shape index (κ2) is 14.0. The summed E-state index contributed by atoms with van der Waals surface area (Å²) >= 11 is 12.3. The lowest BCUT2D eigenvalue weighted by Crippen LogP contribution is -2.52. The normalized spacial score (nSPS) is 12.2. The molecule has 0 spiro atoms. The van der Waals surface area contributed by atoms with Gasteiger partial charge in [-0.2, -0.15) is 0 Å². The third-order valence-corrected chi connectivity index (χ3v) is 8.66. The summed E-state index contributed by atoms with van der Waals surface area (Å²) in [5.74, 6) is -1.35. The Morgan fingerprint density at radius 3 is 2.17 bits per heavy atom. The third-order valence-electron chi connectivity index (χ3n) is 6.13. The van der Waals surface area contributed by atoms with E-state index in [-0.39, 0.29) is 40.4 Å². The zero-order valence-electron chi connectivity index (χ0n) is 22.5. The second-order valence-corrected chi connectivity index (χ2v) is 12.3. The first-order chi connectivity index (χ1) is 18.9. The van der Waals surface area contributed by atoms with Crippen LogP contribution in [0.1, 0.15) is 32.8 Å². The first-order valence-electron chi connectivity index (χ1n) is 12.8. The molecule has 11 heteroatoms. The number of nitrogens with zero attached hydrogens (tertiary/aromatic N) is 2. The van der Waals surface area contributed by atoms with E-state index >= 15 is 0 Å².